The molecule has 0 aliphatic heterocycles. The van der Waals surface area contributed by atoms with Crippen LogP contribution in [0.1, 0.15) is 17.3 Å². The maximum atomic E-state index is 13.4. The molecular weight excluding hydrogens is 231 g/mol. The lowest BCUT2D eigenvalue weighted by Crippen LogP contribution is -2.34. The predicted octanol–water partition coefficient (Wildman–Crippen LogP) is 2.46. The van der Waals surface area contributed by atoms with E-state index in [4.69, 9.17) is 16.9 Å². The Labute approximate surface area is 98.0 Å². The van der Waals surface area contributed by atoms with Crippen LogP contribution in [-0.4, -0.2) is 23.9 Å². The third-order valence-electron chi connectivity index (χ3n) is 2.26. The van der Waals surface area contributed by atoms with Crippen molar-refractivity contribution in [2.45, 2.75) is 13.0 Å². The maximum absolute atomic E-state index is 13.4. The van der Waals surface area contributed by atoms with Crippen LogP contribution in [0, 0.1) is 17.1 Å². The topological polar surface area (TPSA) is 44.1 Å². The van der Waals surface area contributed by atoms with Gasteiger partial charge in [0, 0.05) is 7.05 Å². The summed E-state index contributed by atoms with van der Waals surface area (Å²) < 4.78 is 13.4. The molecule has 0 bridgehead atoms. The number of benzene rings is 1. The second kappa shape index (κ2) is 4.95. The van der Waals surface area contributed by atoms with Gasteiger partial charge >= 0.3 is 0 Å². The number of halogens is 2. The van der Waals surface area contributed by atoms with Crippen molar-refractivity contribution in [2.75, 3.05) is 7.05 Å². The van der Waals surface area contributed by atoms with Gasteiger partial charge in [0.15, 0.2) is 0 Å². The van der Waals surface area contributed by atoms with E-state index in [1.807, 2.05) is 6.07 Å². The Morgan fingerprint density at radius 1 is 1.62 bits per heavy atom. The molecule has 0 heterocycles. The first-order valence-corrected chi connectivity index (χ1v) is 4.97. The Morgan fingerprint density at radius 3 is 2.75 bits per heavy atom. The third-order valence-corrected chi connectivity index (χ3v) is 2.58. The van der Waals surface area contributed by atoms with Crippen LogP contribution >= 0.6 is 11.6 Å². The zero-order valence-electron chi connectivity index (χ0n) is 8.87. The van der Waals surface area contributed by atoms with E-state index in [-0.39, 0.29) is 10.6 Å². The molecule has 5 heteroatoms. The van der Waals surface area contributed by atoms with Crippen LogP contribution in [0.25, 0.3) is 0 Å². The van der Waals surface area contributed by atoms with E-state index in [1.165, 1.54) is 19.2 Å². The molecule has 1 atom stereocenters. The number of amides is 1. The summed E-state index contributed by atoms with van der Waals surface area (Å²) in [6.07, 6.45) is 0. The monoisotopic (exact) mass is 240 g/mol. The molecule has 1 aromatic carbocycles. The minimum Gasteiger partial charge on any atom is -0.326 e. The van der Waals surface area contributed by atoms with E-state index in [0.29, 0.717) is 0 Å². The fourth-order valence-corrected chi connectivity index (χ4v) is 1.38. The summed E-state index contributed by atoms with van der Waals surface area (Å²) in [5.41, 5.74) is -0.200. The quantitative estimate of drug-likeness (QED) is 0.797. The summed E-state index contributed by atoms with van der Waals surface area (Å²) in [7, 11) is 1.43. The van der Waals surface area contributed by atoms with Gasteiger partial charge in [-0.3, -0.25) is 4.79 Å². The number of hydrogen-bond donors (Lipinski definition) is 0. The van der Waals surface area contributed by atoms with Gasteiger partial charge in [0.2, 0.25) is 0 Å². The molecule has 1 unspecified atom stereocenters. The molecule has 1 aromatic rings. The van der Waals surface area contributed by atoms with Crippen LogP contribution in [0.2, 0.25) is 5.02 Å². The lowest BCUT2D eigenvalue weighted by atomic mass is 10.1. The van der Waals surface area contributed by atoms with Gasteiger partial charge in [0.05, 0.1) is 16.7 Å². The summed E-state index contributed by atoms with van der Waals surface area (Å²) in [6.45, 7) is 1.55. The molecule has 1 rings (SSSR count). The summed E-state index contributed by atoms with van der Waals surface area (Å²) in [4.78, 5) is 13.0. The van der Waals surface area contributed by atoms with Crippen molar-refractivity contribution in [1.29, 1.82) is 5.26 Å². The number of carbonyl (C=O) groups is 1. The van der Waals surface area contributed by atoms with Gasteiger partial charge in [-0.2, -0.15) is 5.26 Å². The van der Waals surface area contributed by atoms with Crippen molar-refractivity contribution in [1.82, 2.24) is 4.90 Å². The summed E-state index contributed by atoms with van der Waals surface area (Å²) >= 11 is 5.75. The van der Waals surface area contributed by atoms with Crippen molar-refractivity contribution < 1.29 is 9.18 Å². The lowest BCUT2D eigenvalue weighted by molar-refractivity contribution is 0.0768. The van der Waals surface area contributed by atoms with Crippen molar-refractivity contribution in [3.8, 4) is 6.07 Å². The van der Waals surface area contributed by atoms with Crippen molar-refractivity contribution >= 4 is 17.5 Å². The van der Waals surface area contributed by atoms with Crippen LogP contribution in [0.4, 0.5) is 4.39 Å². The highest BCUT2D eigenvalue weighted by molar-refractivity contribution is 6.33. The molecule has 0 saturated carbocycles. The Kier molecular flexibility index (Phi) is 3.86. The second-order valence-electron chi connectivity index (χ2n) is 3.32. The fraction of sp³-hybridized carbons (Fsp3) is 0.273. The van der Waals surface area contributed by atoms with E-state index < -0.39 is 17.8 Å². The van der Waals surface area contributed by atoms with E-state index in [9.17, 15) is 9.18 Å². The first-order chi connectivity index (χ1) is 7.49. The van der Waals surface area contributed by atoms with Crippen LogP contribution in [-0.2, 0) is 0 Å². The Balaban J connectivity index is 3.11. The summed E-state index contributed by atoms with van der Waals surface area (Å²) in [5.74, 6) is -1.29. The zero-order valence-corrected chi connectivity index (χ0v) is 9.62. The smallest absolute Gasteiger partial charge is 0.259 e. The van der Waals surface area contributed by atoms with E-state index in [0.717, 1.165) is 11.0 Å². The molecule has 3 nitrogen and oxygen atoms in total. The molecule has 0 N–H and O–H groups in total. The van der Waals surface area contributed by atoms with Crippen molar-refractivity contribution in [3.63, 3.8) is 0 Å². The van der Waals surface area contributed by atoms with Gasteiger partial charge in [-0.25, -0.2) is 4.39 Å². The average molecular weight is 241 g/mol. The normalized spacial score (nSPS) is 11.7. The highest BCUT2D eigenvalue weighted by Gasteiger charge is 2.22. The van der Waals surface area contributed by atoms with Gasteiger partial charge in [-0.1, -0.05) is 17.7 Å². The first-order valence-electron chi connectivity index (χ1n) is 4.59. The fourth-order valence-electron chi connectivity index (χ4n) is 1.14. The predicted molar refractivity (Wildman–Crippen MR) is 58.6 cm³/mol. The van der Waals surface area contributed by atoms with Crippen molar-refractivity contribution in [2.24, 2.45) is 0 Å². The summed E-state index contributed by atoms with van der Waals surface area (Å²) in [5, 5.41) is 8.71. The van der Waals surface area contributed by atoms with Crippen molar-refractivity contribution in [3.05, 3.63) is 34.6 Å². The molecule has 0 saturated heterocycles. The minimum atomic E-state index is -0.686. The minimum absolute atomic E-state index is 0.0435. The molecule has 84 valence electrons. The molecule has 0 aliphatic carbocycles. The maximum Gasteiger partial charge on any atom is 0.259 e. The zero-order chi connectivity index (χ0) is 12.3. The van der Waals surface area contributed by atoms with Gasteiger partial charge in [-0.15, -0.1) is 0 Å². The summed E-state index contributed by atoms with van der Waals surface area (Å²) in [6, 6.07) is 5.27. The standard InChI is InChI=1S/C11H10ClFN2O/c1-7(6-14)15(2)11(16)10-8(12)4-3-5-9(10)13/h3-5,7H,1-2H3. The SMILES string of the molecule is CC(C#N)N(C)C(=O)c1c(F)cccc1Cl. The van der Waals surface area contributed by atoms with E-state index in [2.05, 4.69) is 0 Å². The number of nitrogens with zero attached hydrogens (tertiary/aromatic N) is 2. The number of nitriles is 1. The second-order valence-corrected chi connectivity index (χ2v) is 3.72. The van der Waals surface area contributed by atoms with Gasteiger partial charge < -0.3 is 4.90 Å². The van der Waals surface area contributed by atoms with E-state index in [1.54, 1.807) is 6.92 Å². The Bertz CT molecular complexity index is 436. The highest BCUT2D eigenvalue weighted by atomic mass is 35.5. The lowest BCUT2D eigenvalue weighted by Gasteiger charge is -2.20. The number of carbonyl (C=O) groups excluding carboxylic acids is 1. The molecular formula is C11H10ClFN2O. The van der Waals surface area contributed by atoms with Gasteiger partial charge in [-0.05, 0) is 19.1 Å². The van der Waals surface area contributed by atoms with Crippen LogP contribution in [0.3, 0.4) is 0 Å². The molecule has 0 fully saturated rings. The molecule has 0 radical (unpaired) electrons. The largest absolute Gasteiger partial charge is 0.326 e. The Morgan fingerprint density at radius 2 is 2.25 bits per heavy atom. The van der Waals surface area contributed by atoms with Crippen LogP contribution in [0.5, 0.6) is 0 Å². The molecule has 0 aromatic heterocycles. The third kappa shape index (κ3) is 2.31. The highest BCUT2D eigenvalue weighted by Crippen LogP contribution is 2.20. The van der Waals surface area contributed by atoms with Gasteiger partial charge in [0.25, 0.3) is 5.91 Å². The molecule has 0 spiro atoms. The van der Waals surface area contributed by atoms with Crippen LogP contribution in [0.15, 0.2) is 18.2 Å². The molecule has 1 amide bonds. The number of rotatable bonds is 2. The Hall–Kier alpha value is -1.60. The number of hydrogen-bond acceptors (Lipinski definition) is 2. The van der Waals surface area contributed by atoms with Gasteiger partial charge in [0.1, 0.15) is 11.9 Å². The first kappa shape index (κ1) is 12.5. The van der Waals surface area contributed by atoms with E-state index >= 15 is 0 Å². The molecule has 0 aliphatic rings. The average Bonchev–Trinajstić information content (AvgIpc) is 2.26. The van der Waals surface area contributed by atoms with Crippen LogP contribution < -0.4 is 0 Å². The molecule has 16 heavy (non-hydrogen) atoms.